The summed E-state index contributed by atoms with van der Waals surface area (Å²) in [5.41, 5.74) is 0.455. The number of aromatic nitrogens is 1. The van der Waals surface area contributed by atoms with E-state index in [-0.39, 0.29) is 5.82 Å². The Kier molecular flexibility index (Phi) is 1.42. The van der Waals surface area contributed by atoms with Gasteiger partial charge in [-0.1, -0.05) is 5.16 Å². The van der Waals surface area contributed by atoms with Gasteiger partial charge in [-0.15, -0.1) is 0 Å². The van der Waals surface area contributed by atoms with Crippen LogP contribution in [0.1, 0.15) is 0 Å². The minimum absolute atomic E-state index is 0.332. The Labute approximate surface area is 70.1 Å². The molecule has 0 atom stereocenters. The van der Waals surface area contributed by atoms with Crippen molar-refractivity contribution in [2.24, 2.45) is 0 Å². The molecule has 0 bridgehead atoms. The highest BCUT2D eigenvalue weighted by atomic mass is 79.9. The molecule has 0 saturated carbocycles. The third-order valence-corrected chi connectivity index (χ3v) is 2.05. The largest absolute Gasteiger partial charge is 0.356 e. The van der Waals surface area contributed by atoms with Crippen molar-refractivity contribution < 1.29 is 8.91 Å². The Morgan fingerprint density at radius 2 is 2.27 bits per heavy atom. The molecule has 0 unspecified atom stereocenters. The van der Waals surface area contributed by atoms with Crippen LogP contribution in [0.3, 0.4) is 0 Å². The van der Waals surface area contributed by atoms with Crippen LogP contribution in [0, 0.1) is 5.82 Å². The van der Waals surface area contributed by atoms with Gasteiger partial charge < -0.3 is 4.52 Å². The summed E-state index contributed by atoms with van der Waals surface area (Å²) in [6.07, 6.45) is 1.54. The summed E-state index contributed by atoms with van der Waals surface area (Å²) in [7, 11) is 0. The molecule has 0 fully saturated rings. The molecule has 2 rings (SSSR count). The van der Waals surface area contributed by atoms with Gasteiger partial charge >= 0.3 is 0 Å². The molecule has 0 aliphatic heterocycles. The monoisotopic (exact) mass is 215 g/mol. The number of benzene rings is 1. The third-order valence-electron chi connectivity index (χ3n) is 1.39. The van der Waals surface area contributed by atoms with Gasteiger partial charge in [0.25, 0.3) is 0 Å². The van der Waals surface area contributed by atoms with E-state index in [9.17, 15) is 4.39 Å². The molecule has 11 heavy (non-hydrogen) atoms. The first kappa shape index (κ1) is 6.79. The minimum atomic E-state index is -0.332. The number of nitrogens with zero attached hydrogens (tertiary/aromatic N) is 1. The Hall–Kier alpha value is -0.900. The molecule has 1 heterocycles. The van der Waals surface area contributed by atoms with Crippen LogP contribution in [0.25, 0.3) is 11.0 Å². The van der Waals surface area contributed by atoms with Gasteiger partial charge in [0.1, 0.15) is 5.82 Å². The van der Waals surface area contributed by atoms with E-state index in [2.05, 4.69) is 21.1 Å². The van der Waals surface area contributed by atoms with Crippen LogP contribution in [0.2, 0.25) is 0 Å². The lowest BCUT2D eigenvalue weighted by atomic mass is 10.3. The van der Waals surface area contributed by atoms with Crippen molar-refractivity contribution in [2.45, 2.75) is 0 Å². The Morgan fingerprint density at radius 3 is 3.09 bits per heavy atom. The second kappa shape index (κ2) is 2.30. The zero-order valence-electron chi connectivity index (χ0n) is 5.34. The first-order chi connectivity index (χ1) is 5.27. The summed E-state index contributed by atoms with van der Waals surface area (Å²) < 4.78 is 18.1. The third kappa shape index (κ3) is 1.03. The topological polar surface area (TPSA) is 26.0 Å². The molecule has 0 amide bonds. The van der Waals surface area contributed by atoms with E-state index < -0.39 is 0 Å². The van der Waals surface area contributed by atoms with Crippen molar-refractivity contribution in [2.75, 3.05) is 0 Å². The van der Waals surface area contributed by atoms with Crippen molar-refractivity contribution in [3.8, 4) is 0 Å². The van der Waals surface area contributed by atoms with E-state index in [0.717, 1.165) is 5.39 Å². The van der Waals surface area contributed by atoms with E-state index in [1.54, 1.807) is 6.20 Å². The lowest BCUT2D eigenvalue weighted by Gasteiger charge is -1.90. The highest BCUT2D eigenvalue weighted by molar-refractivity contribution is 9.10. The van der Waals surface area contributed by atoms with Gasteiger partial charge in [-0.25, -0.2) is 4.39 Å². The summed E-state index contributed by atoms with van der Waals surface area (Å²) in [6, 6.07) is 2.67. The van der Waals surface area contributed by atoms with Crippen LogP contribution in [-0.4, -0.2) is 5.16 Å². The molecule has 0 aliphatic carbocycles. The first-order valence-corrected chi connectivity index (χ1v) is 3.76. The van der Waals surface area contributed by atoms with E-state index in [1.807, 2.05) is 0 Å². The average molecular weight is 216 g/mol. The number of rotatable bonds is 0. The number of hydrogen-bond acceptors (Lipinski definition) is 2. The Balaban J connectivity index is 2.91. The number of halogens is 2. The lowest BCUT2D eigenvalue weighted by Crippen LogP contribution is -1.73. The normalized spacial score (nSPS) is 10.7. The van der Waals surface area contributed by atoms with E-state index >= 15 is 0 Å². The molecular weight excluding hydrogens is 213 g/mol. The number of hydrogen-bond donors (Lipinski definition) is 0. The molecule has 0 radical (unpaired) electrons. The highest BCUT2D eigenvalue weighted by Gasteiger charge is 2.04. The van der Waals surface area contributed by atoms with Crippen LogP contribution < -0.4 is 0 Å². The fraction of sp³-hybridized carbons (Fsp3) is 0. The van der Waals surface area contributed by atoms with Gasteiger partial charge in [0.15, 0.2) is 5.58 Å². The quantitative estimate of drug-likeness (QED) is 0.676. The Bertz CT molecular complexity index is 398. The molecule has 1 aromatic heterocycles. The van der Waals surface area contributed by atoms with Crippen molar-refractivity contribution in [3.05, 3.63) is 28.6 Å². The second-order valence-electron chi connectivity index (χ2n) is 2.13. The molecule has 0 aliphatic rings. The van der Waals surface area contributed by atoms with Crippen LogP contribution in [0.4, 0.5) is 4.39 Å². The average Bonchev–Trinajstić information content (AvgIpc) is 2.34. The van der Waals surface area contributed by atoms with Crippen molar-refractivity contribution in [3.63, 3.8) is 0 Å². The molecule has 1 aromatic carbocycles. The maximum Gasteiger partial charge on any atom is 0.170 e. The van der Waals surface area contributed by atoms with E-state index in [1.165, 1.54) is 12.1 Å². The smallest absolute Gasteiger partial charge is 0.170 e. The predicted molar refractivity (Wildman–Crippen MR) is 41.7 cm³/mol. The van der Waals surface area contributed by atoms with Crippen LogP contribution in [-0.2, 0) is 0 Å². The van der Waals surface area contributed by atoms with Crippen molar-refractivity contribution in [1.29, 1.82) is 0 Å². The van der Waals surface area contributed by atoms with Gasteiger partial charge in [0, 0.05) is 10.5 Å². The standard InChI is InChI=1S/C7H3BrFNO/c8-6-1-4(9)2-7-5(6)3-10-11-7/h1-3H. The lowest BCUT2D eigenvalue weighted by molar-refractivity contribution is 0.454. The van der Waals surface area contributed by atoms with Gasteiger partial charge in [-0.05, 0) is 22.0 Å². The molecule has 56 valence electrons. The molecule has 0 spiro atoms. The van der Waals surface area contributed by atoms with Crippen LogP contribution in [0.15, 0.2) is 27.3 Å². The zero-order chi connectivity index (χ0) is 7.84. The van der Waals surface area contributed by atoms with Crippen molar-refractivity contribution >= 4 is 26.9 Å². The summed E-state index contributed by atoms with van der Waals surface area (Å²) >= 11 is 3.19. The molecule has 4 heteroatoms. The fourth-order valence-electron chi connectivity index (χ4n) is 0.898. The van der Waals surface area contributed by atoms with E-state index in [4.69, 9.17) is 4.52 Å². The number of fused-ring (bicyclic) bond motifs is 1. The Morgan fingerprint density at radius 1 is 1.45 bits per heavy atom. The maximum atomic E-state index is 12.7. The predicted octanol–water partition coefficient (Wildman–Crippen LogP) is 2.73. The zero-order valence-corrected chi connectivity index (χ0v) is 6.93. The van der Waals surface area contributed by atoms with Gasteiger partial charge in [0.2, 0.25) is 0 Å². The van der Waals surface area contributed by atoms with Gasteiger partial charge in [-0.3, -0.25) is 0 Å². The summed E-state index contributed by atoms with van der Waals surface area (Å²) in [5, 5.41) is 4.32. The first-order valence-electron chi connectivity index (χ1n) is 2.97. The summed E-state index contributed by atoms with van der Waals surface area (Å²) in [6.45, 7) is 0. The van der Waals surface area contributed by atoms with Gasteiger partial charge in [0.05, 0.1) is 11.6 Å². The molecule has 2 aromatic rings. The molecule has 0 saturated heterocycles. The van der Waals surface area contributed by atoms with Crippen LogP contribution in [0.5, 0.6) is 0 Å². The highest BCUT2D eigenvalue weighted by Crippen LogP contribution is 2.24. The van der Waals surface area contributed by atoms with Gasteiger partial charge in [-0.2, -0.15) is 0 Å². The molecule has 2 nitrogen and oxygen atoms in total. The maximum absolute atomic E-state index is 12.7. The minimum Gasteiger partial charge on any atom is -0.356 e. The molecule has 0 N–H and O–H groups in total. The SMILES string of the molecule is Fc1cc(Br)c2cnoc2c1. The van der Waals surface area contributed by atoms with E-state index in [0.29, 0.717) is 10.1 Å². The second-order valence-corrected chi connectivity index (χ2v) is 2.98. The summed E-state index contributed by atoms with van der Waals surface area (Å²) in [5.74, 6) is -0.332. The molecular formula is C7H3BrFNO. The van der Waals surface area contributed by atoms with Crippen molar-refractivity contribution in [1.82, 2.24) is 5.16 Å². The fourth-order valence-corrected chi connectivity index (χ4v) is 1.41. The summed E-state index contributed by atoms with van der Waals surface area (Å²) in [4.78, 5) is 0. The van der Waals surface area contributed by atoms with Crippen LogP contribution >= 0.6 is 15.9 Å².